The van der Waals surface area contributed by atoms with E-state index in [0.29, 0.717) is 0 Å². The van der Waals surface area contributed by atoms with Gasteiger partial charge in [-0.05, 0) is 100 Å². The fourth-order valence-corrected chi connectivity index (χ4v) is 7.13. The zero-order chi connectivity index (χ0) is 19.8. The Bertz CT molecular complexity index is 465. The summed E-state index contributed by atoms with van der Waals surface area (Å²) in [5.74, 6) is 5.07. The Morgan fingerprint density at radius 2 is 1.18 bits per heavy atom. The van der Waals surface area contributed by atoms with Crippen molar-refractivity contribution in [3.63, 3.8) is 0 Å². The highest BCUT2D eigenvalue weighted by molar-refractivity contribution is 5.02. The molecular weight excluding hydrogens is 338 g/mol. The smallest absolute Gasteiger partial charge is 0.0689 e. The van der Waals surface area contributed by atoms with Gasteiger partial charge in [-0.2, -0.15) is 5.26 Å². The van der Waals surface area contributed by atoms with E-state index in [4.69, 9.17) is 0 Å². The first-order valence-corrected chi connectivity index (χ1v) is 13.1. The minimum Gasteiger partial charge on any atom is -0.198 e. The van der Waals surface area contributed by atoms with Crippen LogP contribution in [-0.2, 0) is 0 Å². The molecule has 28 heavy (non-hydrogen) atoms. The van der Waals surface area contributed by atoms with Gasteiger partial charge in [0, 0.05) is 0 Å². The Morgan fingerprint density at radius 3 is 1.64 bits per heavy atom. The van der Waals surface area contributed by atoms with Gasteiger partial charge in [0.15, 0.2) is 0 Å². The maximum atomic E-state index is 9.86. The van der Waals surface area contributed by atoms with E-state index in [2.05, 4.69) is 19.9 Å². The van der Waals surface area contributed by atoms with Crippen molar-refractivity contribution in [2.45, 2.75) is 129 Å². The molecule has 0 atom stereocenters. The first-order chi connectivity index (χ1) is 13.7. The third-order valence-corrected chi connectivity index (χ3v) is 9.35. The molecular formula is C27H47N. The molecule has 1 nitrogen and oxygen atoms in total. The molecule has 160 valence electrons. The number of hydrogen-bond donors (Lipinski definition) is 0. The average molecular weight is 386 g/mol. The van der Waals surface area contributed by atoms with Crippen LogP contribution in [0.3, 0.4) is 0 Å². The van der Waals surface area contributed by atoms with E-state index >= 15 is 0 Å². The summed E-state index contributed by atoms with van der Waals surface area (Å²) >= 11 is 0. The summed E-state index contributed by atoms with van der Waals surface area (Å²) < 4.78 is 0. The predicted molar refractivity (Wildman–Crippen MR) is 120 cm³/mol. The van der Waals surface area contributed by atoms with Gasteiger partial charge >= 0.3 is 0 Å². The summed E-state index contributed by atoms with van der Waals surface area (Å²) in [6, 6.07) is 2.78. The first-order valence-electron chi connectivity index (χ1n) is 13.1. The van der Waals surface area contributed by atoms with E-state index in [0.717, 1.165) is 29.6 Å². The van der Waals surface area contributed by atoms with Crippen molar-refractivity contribution in [3.05, 3.63) is 0 Å². The van der Waals surface area contributed by atoms with Crippen molar-refractivity contribution in [1.29, 1.82) is 5.26 Å². The van der Waals surface area contributed by atoms with Crippen LogP contribution in [0, 0.1) is 46.3 Å². The van der Waals surface area contributed by atoms with Crippen LogP contribution in [0.4, 0.5) is 0 Å². The number of unbranched alkanes of at least 4 members (excludes halogenated alkanes) is 3. The lowest BCUT2D eigenvalue weighted by atomic mass is 9.62. The van der Waals surface area contributed by atoms with Gasteiger partial charge in [0.25, 0.3) is 0 Å². The van der Waals surface area contributed by atoms with Crippen molar-refractivity contribution in [3.8, 4) is 6.07 Å². The van der Waals surface area contributed by atoms with Crippen LogP contribution in [0.5, 0.6) is 0 Å². The third-order valence-electron chi connectivity index (χ3n) is 9.35. The van der Waals surface area contributed by atoms with Gasteiger partial charge in [-0.25, -0.2) is 0 Å². The van der Waals surface area contributed by atoms with Gasteiger partial charge in [-0.15, -0.1) is 0 Å². The summed E-state index contributed by atoms with van der Waals surface area (Å²) in [6.07, 6.45) is 25.0. The molecule has 0 heterocycles. The largest absolute Gasteiger partial charge is 0.198 e. The maximum absolute atomic E-state index is 9.86. The van der Waals surface area contributed by atoms with Gasteiger partial charge in [0.2, 0.25) is 0 Å². The Kier molecular flexibility index (Phi) is 8.74. The lowest BCUT2D eigenvalue weighted by molar-refractivity contribution is 0.0902. The molecule has 0 unspecified atom stereocenters. The maximum Gasteiger partial charge on any atom is 0.0689 e. The molecule has 3 saturated carbocycles. The normalized spacial score (nSPS) is 39.4. The Morgan fingerprint density at radius 1 is 0.679 bits per heavy atom. The lowest BCUT2D eigenvalue weighted by Gasteiger charge is -2.43. The van der Waals surface area contributed by atoms with E-state index in [1.807, 2.05) is 0 Å². The van der Waals surface area contributed by atoms with E-state index in [1.165, 1.54) is 116 Å². The highest BCUT2D eigenvalue weighted by Crippen LogP contribution is 2.49. The minimum atomic E-state index is 0.0410. The molecule has 0 radical (unpaired) electrons. The molecule has 3 aliphatic carbocycles. The van der Waals surface area contributed by atoms with Crippen LogP contribution in [0.25, 0.3) is 0 Å². The van der Waals surface area contributed by atoms with Gasteiger partial charge in [-0.3, -0.25) is 0 Å². The van der Waals surface area contributed by atoms with Crippen molar-refractivity contribution in [1.82, 2.24) is 0 Å². The van der Waals surface area contributed by atoms with Crippen molar-refractivity contribution in [2.75, 3.05) is 0 Å². The topological polar surface area (TPSA) is 23.8 Å². The second-order valence-electron chi connectivity index (χ2n) is 10.9. The Labute approximate surface area is 176 Å². The van der Waals surface area contributed by atoms with Crippen LogP contribution in [-0.4, -0.2) is 0 Å². The SMILES string of the molecule is CCCCCCC1(C#N)CCC(C2CCC(C3CCC(CC)CC3)CC2)CC1. The average Bonchev–Trinajstić information content (AvgIpc) is 2.77. The number of hydrogen-bond acceptors (Lipinski definition) is 1. The van der Waals surface area contributed by atoms with Gasteiger partial charge in [-0.1, -0.05) is 58.8 Å². The molecule has 3 aliphatic rings. The van der Waals surface area contributed by atoms with Crippen molar-refractivity contribution >= 4 is 0 Å². The van der Waals surface area contributed by atoms with Crippen molar-refractivity contribution < 1.29 is 0 Å². The highest BCUT2D eigenvalue weighted by atomic mass is 14.5. The van der Waals surface area contributed by atoms with Gasteiger partial charge in [0.05, 0.1) is 11.5 Å². The molecule has 0 aromatic rings. The molecule has 0 aliphatic heterocycles. The lowest BCUT2D eigenvalue weighted by Crippen LogP contribution is -2.32. The van der Waals surface area contributed by atoms with Crippen LogP contribution in [0.1, 0.15) is 129 Å². The van der Waals surface area contributed by atoms with Crippen LogP contribution in [0.15, 0.2) is 0 Å². The van der Waals surface area contributed by atoms with E-state index in [-0.39, 0.29) is 5.41 Å². The molecule has 0 N–H and O–H groups in total. The number of rotatable bonds is 8. The second-order valence-corrected chi connectivity index (χ2v) is 10.9. The molecule has 3 fully saturated rings. The molecule has 1 heteroatoms. The monoisotopic (exact) mass is 385 g/mol. The number of nitrogens with zero attached hydrogens (tertiary/aromatic N) is 1. The fourth-order valence-electron chi connectivity index (χ4n) is 7.13. The molecule has 0 spiro atoms. The summed E-state index contributed by atoms with van der Waals surface area (Å²) in [4.78, 5) is 0. The third kappa shape index (κ3) is 5.77. The molecule has 3 rings (SSSR count). The van der Waals surface area contributed by atoms with E-state index in [1.54, 1.807) is 0 Å². The molecule has 0 amide bonds. The van der Waals surface area contributed by atoms with Crippen LogP contribution < -0.4 is 0 Å². The van der Waals surface area contributed by atoms with Crippen LogP contribution >= 0.6 is 0 Å². The first kappa shape index (κ1) is 22.2. The van der Waals surface area contributed by atoms with E-state index in [9.17, 15) is 5.26 Å². The summed E-state index contributed by atoms with van der Waals surface area (Å²) in [6.45, 7) is 4.66. The summed E-state index contributed by atoms with van der Waals surface area (Å²) in [7, 11) is 0. The predicted octanol–water partition coefficient (Wildman–Crippen LogP) is 8.68. The van der Waals surface area contributed by atoms with Crippen molar-refractivity contribution in [2.24, 2.45) is 35.0 Å². The summed E-state index contributed by atoms with van der Waals surface area (Å²) in [5, 5.41) is 9.86. The zero-order valence-corrected chi connectivity index (χ0v) is 19.1. The standard InChI is InChI=1S/C27H47N/c1-3-5-6-7-18-27(21-28)19-16-26(17-20-27)25-14-12-24(13-15-25)23-10-8-22(4-2)9-11-23/h22-26H,3-20H2,1-2H3. The molecule has 0 aromatic heterocycles. The van der Waals surface area contributed by atoms with Gasteiger partial charge < -0.3 is 0 Å². The highest BCUT2D eigenvalue weighted by Gasteiger charge is 2.39. The Hall–Kier alpha value is -0.510. The minimum absolute atomic E-state index is 0.0410. The summed E-state index contributed by atoms with van der Waals surface area (Å²) in [5.41, 5.74) is 0.0410. The molecule has 0 bridgehead atoms. The Balaban J connectivity index is 1.38. The number of nitriles is 1. The molecule has 0 aromatic carbocycles. The van der Waals surface area contributed by atoms with E-state index < -0.39 is 0 Å². The zero-order valence-electron chi connectivity index (χ0n) is 19.1. The quantitative estimate of drug-likeness (QED) is 0.383. The van der Waals surface area contributed by atoms with Gasteiger partial charge in [0.1, 0.15) is 0 Å². The second kappa shape index (κ2) is 11.0. The van der Waals surface area contributed by atoms with Crippen LogP contribution in [0.2, 0.25) is 0 Å². The molecule has 0 saturated heterocycles. The fraction of sp³-hybridized carbons (Fsp3) is 0.963.